The van der Waals surface area contributed by atoms with Crippen LogP contribution in [0.5, 0.6) is 0 Å². The maximum absolute atomic E-state index is 13.2. The lowest BCUT2D eigenvalue weighted by Crippen LogP contribution is -2.36. The molecule has 0 amide bonds. The highest BCUT2D eigenvalue weighted by Crippen LogP contribution is 2.24. The standard InChI is InChI=1S/C15H15N3O3/c1-8-17-11-4-2-3-10(16)14(11)15(21)18(8)12-6-5-9(19)7-13(12)20/h2-4,12H,5-7,16H2,1H3/t12-/m1/s1/i2D,3D,4D,5D2,6D2,12D. The Labute approximate surface area is 131 Å². The van der Waals surface area contributed by atoms with E-state index in [1.807, 2.05) is 0 Å². The largest absolute Gasteiger partial charge is 0.398 e. The SMILES string of the molecule is [2H]c1c([2H])c(N)c2c(=O)n([C@@]3([2H])C(=O)CC(=O)C([2H])([2H])C3([2H])[2H])c(C)nc2c1[2H]. The number of benzene rings is 1. The van der Waals surface area contributed by atoms with Crippen molar-refractivity contribution >= 4 is 28.2 Å². The van der Waals surface area contributed by atoms with Crippen LogP contribution >= 0.6 is 0 Å². The van der Waals surface area contributed by atoms with E-state index in [0.29, 0.717) is 4.57 Å². The van der Waals surface area contributed by atoms with Gasteiger partial charge in [0.05, 0.1) is 28.8 Å². The zero-order valence-electron chi connectivity index (χ0n) is 18.9. The van der Waals surface area contributed by atoms with Gasteiger partial charge in [0.2, 0.25) is 0 Å². The number of anilines is 1. The Bertz CT molecular complexity index is 1180. The third-order valence-electron chi connectivity index (χ3n) is 3.03. The first-order chi connectivity index (χ1) is 13.1. The molecule has 0 spiro atoms. The van der Waals surface area contributed by atoms with E-state index in [1.54, 1.807) is 0 Å². The Kier molecular flexibility index (Phi) is 1.59. The smallest absolute Gasteiger partial charge is 0.264 e. The van der Waals surface area contributed by atoms with Gasteiger partial charge in [-0.05, 0) is 25.4 Å². The molecule has 2 N–H and O–H groups in total. The maximum atomic E-state index is 13.2. The molecule has 1 atom stereocenters. The molecule has 0 aliphatic heterocycles. The van der Waals surface area contributed by atoms with E-state index in [0.717, 1.165) is 6.92 Å². The predicted octanol–water partition coefficient (Wildman–Crippen LogP) is 1.15. The fourth-order valence-corrected chi connectivity index (χ4v) is 2.10. The number of carbonyl (C=O) groups excluding carboxylic acids is 2. The zero-order chi connectivity index (χ0) is 22.3. The van der Waals surface area contributed by atoms with Crippen LogP contribution in [-0.4, -0.2) is 21.1 Å². The molecular weight excluding hydrogens is 270 g/mol. The van der Waals surface area contributed by atoms with Crippen molar-refractivity contribution in [1.29, 1.82) is 0 Å². The maximum Gasteiger partial charge on any atom is 0.264 e. The van der Waals surface area contributed by atoms with Crippen molar-refractivity contribution in [3.63, 3.8) is 0 Å². The van der Waals surface area contributed by atoms with Gasteiger partial charge >= 0.3 is 0 Å². The number of nitrogens with zero attached hydrogens (tertiary/aromatic N) is 2. The molecule has 3 rings (SSSR count). The van der Waals surface area contributed by atoms with Gasteiger partial charge in [-0.3, -0.25) is 19.0 Å². The average molecular weight is 293 g/mol. The molecule has 1 heterocycles. The Hall–Kier alpha value is -2.50. The van der Waals surface area contributed by atoms with Crippen LogP contribution in [-0.2, 0) is 9.59 Å². The molecule has 108 valence electrons. The summed E-state index contributed by atoms with van der Waals surface area (Å²) in [4.78, 5) is 41.6. The summed E-state index contributed by atoms with van der Waals surface area (Å²) in [5.41, 5.74) is 3.59. The Morgan fingerprint density at radius 1 is 1.48 bits per heavy atom. The number of aryl methyl sites for hydroxylation is 1. The third kappa shape index (κ3) is 2.12. The van der Waals surface area contributed by atoms with Crippen LogP contribution in [0.15, 0.2) is 22.9 Å². The number of rotatable bonds is 1. The van der Waals surface area contributed by atoms with E-state index in [-0.39, 0.29) is 5.52 Å². The van der Waals surface area contributed by atoms with Crippen molar-refractivity contribution < 1.29 is 20.6 Å². The lowest BCUT2D eigenvalue weighted by molar-refractivity contribution is -0.132. The summed E-state index contributed by atoms with van der Waals surface area (Å²) in [7, 11) is 0. The minimum Gasteiger partial charge on any atom is -0.398 e. The summed E-state index contributed by atoms with van der Waals surface area (Å²) in [5, 5.41) is -0.561. The van der Waals surface area contributed by atoms with E-state index in [1.165, 1.54) is 0 Å². The molecular formula is C15H15N3O3. The number of fused-ring (bicyclic) bond motifs is 1. The molecule has 2 aromatic rings. The number of nitrogen functional groups attached to an aromatic ring is 1. The van der Waals surface area contributed by atoms with Gasteiger partial charge in [-0.1, -0.05) is 6.04 Å². The lowest BCUT2D eigenvalue weighted by Gasteiger charge is -2.24. The molecule has 1 fully saturated rings. The molecule has 6 nitrogen and oxygen atoms in total. The molecule has 1 aromatic heterocycles. The molecule has 0 radical (unpaired) electrons. The Balaban J connectivity index is 2.52. The monoisotopic (exact) mass is 293 g/mol. The van der Waals surface area contributed by atoms with Gasteiger partial charge in [0.1, 0.15) is 11.6 Å². The fraction of sp³-hybridized carbons (Fsp3) is 0.333. The predicted molar refractivity (Wildman–Crippen MR) is 78.1 cm³/mol. The summed E-state index contributed by atoms with van der Waals surface area (Å²) >= 11 is 0. The summed E-state index contributed by atoms with van der Waals surface area (Å²) < 4.78 is 64.1. The number of hydrogen-bond donors (Lipinski definition) is 1. The number of hydrogen-bond acceptors (Lipinski definition) is 5. The highest BCUT2D eigenvalue weighted by atomic mass is 16.2. The van der Waals surface area contributed by atoms with Gasteiger partial charge in [-0.15, -0.1) is 0 Å². The van der Waals surface area contributed by atoms with Gasteiger partial charge in [-0.25, -0.2) is 4.98 Å². The Morgan fingerprint density at radius 3 is 3.00 bits per heavy atom. The molecule has 1 aromatic carbocycles. The van der Waals surface area contributed by atoms with E-state index < -0.39 is 77.3 Å². The second-order valence-electron chi connectivity index (χ2n) is 4.43. The first-order valence-corrected chi connectivity index (χ1v) is 5.98. The minimum atomic E-state index is -3.45. The van der Waals surface area contributed by atoms with Crippen LogP contribution in [0.2, 0.25) is 0 Å². The molecule has 0 unspecified atom stereocenters. The van der Waals surface area contributed by atoms with Crippen LogP contribution < -0.4 is 11.3 Å². The van der Waals surface area contributed by atoms with Crippen molar-refractivity contribution in [1.82, 2.24) is 9.55 Å². The summed E-state index contributed by atoms with van der Waals surface area (Å²) in [6, 6.07) is -5.03. The molecule has 6 heteroatoms. The van der Waals surface area contributed by atoms with Gasteiger partial charge in [0, 0.05) is 17.5 Å². The summed E-state index contributed by atoms with van der Waals surface area (Å²) in [6.07, 6.45) is -7.80. The summed E-state index contributed by atoms with van der Waals surface area (Å²) in [6.45, 7) is 1.14. The average Bonchev–Trinajstić information content (AvgIpc) is 2.62. The number of Topliss-reactive ketones (excluding diaryl/α,β-unsaturated/α-hetero) is 2. The van der Waals surface area contributed by atoms with Crippen LogP contribution in [0, 0.1) is 6.92 Å². The van der Waals surface area contributed by atoms with Gasteiger partial charge in [0.25, 0.3) is 5.56 Å². The molecule has 21 heavy (non-hydrogen) atoms. The minimum absolute atomic E-state index is 0.306. The van der Waals surface area contributed by atoms with Crippen LogP contribution in [0.25, 0.3) is 10.9 Å². The molecule has 1 aliphatic rings. The second kappa shape index (κ2) is 4.80. The first-order valence-electron chi connectivity index (χ1n) is 9.98. The fourth-order valence-electron chi connectivity index (χ4n) is 2.10. The molecule has 0 bridgehead atoms. The lowest BCUT2D eigenvalue weighted by atomic mass is 9.92. The van der Waals surface area contributed by atoms with Crippen molar-refractivity contribution in [2.75, 3.05) is 5.73 Å². The van der Waals surface area contributed by atoms with E-state index in [4.69, 9.17) is 16.7 Å². The van der Waals surface area contributed by atoms with Crippen molar-refractivity contribution in [3.8, 4) is 0 Å². The molecule has 1 aliphatic carbocycles. The van der Waals surface area contributed by atoms with Crippen molar-refractivity contribution in [2.45, 2.75) is 32.1 Å². The molecule has 0 saturated heterocycles. The highest BCUT2D eigenvalue weighted by Gasteiger charge is 2.30. The summed E-state index contributed by atoms with van der Waals surface area (Å²) in [5.74, 6) is -3.11. The third-order valence-corrected chi connectivity index (χ3v) is 3.03. The number of ketones is 2. The van der Waals surface area contributed by atoms with Gasteiger partial charge in [-0.2, -0.15) is 0 Å². The number of nitrogens with two attached hydrogens (primary N) is 1. The van der Waals surface area contributed by atoms with Gasteiger partial charge in [0.15, 0.2) is 5.78 Å². The van der Waals surface area contributed by atoms with Gasteiger partial charge < -0.3 is 5.73 Å². The van der Waals surface area contributed by atoms with E-state index in [9.17, 15) is 14.4 Å². The van der Waals surface area contributed by atoms with Crippen LogP contribution in [0.4, 0.5) is 5.69 Å². The first kappa shape index (κ1) is 6.98. The Morgan fingerprint density at radius 2 is 2.24 bits per heavy atom. The highest BCUT2D eigenvalue weighted by molar-refractivity contribution is 6.03. The van der Waals surface area contributed by atoms with E-state index >= 15 is 0 Å². The van der Waals surface area contributed by atoms with Crippen LogP contribution in [0.3, 0.4) is 0 Å². The molecule has 1 saturated carbocycles. The van der Waals surface area contributed by atoms with Crippen molar-refractivity contribution in [3.05, 3.63) is 34.3 Å². The normalized spacial score (nSPS) is 33.0. The second-order valence-corrected chi connectivity index (χ2v) is 4.43. The number of carbonyl (C=O) groups is 2. The number of aromatic nitrogens is 2. The quantitative estimate of drug-likeness (QED) is 0.628. The topological polar surface area (TPSA) is 95.0 Å². The van der Waals surface area contributed by atoms with Crippen molar-refractivity contribution in [2.24, 2.45) is 0 Å². The van der Waals surface area contributed by atoms with E-state index in [2.05, 4.69) is 4.98 Å². The van der Waals surface area contributed by atoms with Crippen LogP contribution in [0.1, 0.15) is 42.0 Å². The zero-order valence-corrected chi connectivity index (χ0v) is 10.9.